The van der Waals surface area contributed by atoms with Gasteiger partial charge in [0.05, 0.1) is 11.0 Å². The summed E-state index contributed by atoms with van der Waals surface area (Å²) in [6.45, 7) is 5.96. The first-order chi connectivity index (χ1) is 7.90. The minimum atomic E-state index is -0.401. The normalized spacial score (nSPS) is 12.8. The maximum absolute atomic E-state index is 10.6. The van der Waals surface area contributed by atoms with Crippen molar-refractivity contribution in [2.45, 2.75) is 39.7 Å². The zero-order chi connectivity index (χ0) is 13.0. The van der Waals surface area contributed by atoms with Crippen LogP contribution in [0.5, 0.6) is 0 Å². The molecule has 1 N–H and O–H groups in total. The number of hydrogen-bond acceptors (Lipinski definition) is 3. The maximum atomic E-state index is 10.6. The lowest BCUT2D eigenvalue weighted by Gasteiger charge is -2.14. The molecule has 1 unspecified atom stereocenters. The van der Waals surface area contributed by atoms with Gasteiger partial charge in [0, 0.05) is 12.1 Å². The Morgan fingerprint density at radius 2 is 2.06 bits per heavy atom. The molecule has 17 heavy (non-hydrogen) atoms. The lowest BCUT2D eigenvalue weighted by atomic mass is 9.97. The van der Waals surface area contributed by atoms with Gasteiger partial charge in [-0.2, -0.15) is 0 Å². The molecule has 4 nitrogen and oxygen atoms in total. The third-order valence-corrected chi connectivity index (χ3v) is 2.74. The summed E-state index contributed by atoms with van der Waals surface area (Å²) >= 11 is 0. The van der Waals surface area contributed by atoms with Crippen LogP contribution in [0.3, 0.4) is 0 Å². The summed E-state index contributed by atoms with van der Waals surface area (Å²) in [5, 5.41) is 20.4. The molecule has 0 heterocycles. The van der Waals surface area contributed by atoms with Crippen LogP contribution in [-0.4, -0.2) is 16.1 Å². The largest absolute Gasteiger partial charge is 0.393 e. The first-order valence-electron chi connectivity index (χ1n) is 5.82. The number of aliphatic hydroxyl groups is 1. The van der Waals surface area contributed by atoms with E-state index in [2.05, 4.69) is 13.8 Å². The molecular weight excluding hydrogens is 218 g/mol. The van der Waals surface area contributed by atoms with Gasteiger partial charge in [-0.25, -0.2) is 0 Å². The Kier molecular flexibility index (Phi) is 4.63. The number of nitro groups is 1. The van der Waals surface area contributed by atoms with Crippen LogP contribution in [0, 0.1) is 23.0 Å². The monoisotopic (exact) mass is 237 g/mol. The van der Waals surface area contributed by atoms with E-state index in [-0.39, 0.29) is 11.8 Å². The van der Waals surface area contributed by atoms with Crippen LogP contribution in [-0.2, 0) is 6.42 Å². The second-order valence-electron chi connectivity index (χ2n) is 4.86. The molecule has 1 rings (SSSR count). The summed E-state index contributed by atoms with van der Waals surface area (Å²) in [7, 11) is 0. The smallest absolute Gasteiger partial charge is 0.269 e. The Bertz CT molecular complexity index is 402. The quantitative estimate of drug-likeness (QED) is 0.632. The van der Waals surface area contributed by atoms with Gasteiger partial charge in [0.25, 0.3) is 5.69 Å². The molecule has 0 aliphatic carbocycles. The first-order valence-corrected chi connectivity index (χ1v) is 5.82. The molecule has 0 fully saturated rings. The van der Waals surface area contributed by atoms with E-state index in [0.717, 1.165) is 17.5 Å². The van der Waals surface area contributed by atoms with E-state index < -0.39 is 4.92 Å². The molecule has 0 aliphatic heterocycles. The topological polar surface area (TPSA) is 63.4 Å². The van der Waals surface area contributed by atoms with Crippen molar-refractivity contribution < 1.29 is 10.0 Å². The van der Waals surface area contributed by atoms with Crippen molar-refractivity contribution in [3.8, 4) is 0 Å². The van der Waals surface area contributed by atoms with Crippen LogP contribution in [0.2, 0.25) is 0 Å². The van der Waals surface area contributed by atoms with Crippen molar-refractivity contribution in [1.29, 1.82) is 0 Å². The van der Waals surface area contributed by atoms with Crippen LogP contribution >= 0.6 is 0 Å². The zero-order valence-electron chi connectivity index (χ0n) is 10.5. The van der Waals surface area contributed by atoms with Crippen LogP contribution in [0.1, 0.15) is 31.4 Å². The second kappa shape index (κ2) is 5.77. The van der Waals surface area contributed by atoms with E-state index in [9.17, 15) is 15.2 Å². The molecule has 0 saturated carbocycles. The predicted molar refractivity (Wildman–Crippen MR) is 67.0 cm³/mol. The van der Waals surface area contributed by atoms with Crippen molar-refractivity contribution >= 4 is 5.69 Å². The van der Waals surface area contributed by atoms with Gasteiger partial charge in [-0.15, -0.1) is 0 Å². The molecule has 0 radical (unpaired) electrons. The SMILES string of the molecule is Cc1cc([N+](=O)[O-])ccc1CC(O)CC(C)C. The molecule has 4 heteroatoms. The molecule has 0 aromatic heterocycles. The summed E-state index contributed by atoms with van der Waals surface area (Å²) in [6.07, 6.45) is 0.925. The molecule has 0 spiro atoms. The Morgan fingerprint density at radius 1 is 1.41 bits per heavy atom. The third-order valence-electron chi connectivity index (χ3n) is 2.74. The summed E-state index contributed by atoms with van der Waals surface area (Å²) in [5.74, 6) is 0.448. The summed E-state index contributed by atoms with van der Waals surface area (Å²) in [5.41, 5.74) is 1.94. The molecule has 0 saturated heterocycles. The fourth-order valence-corrected chi connectivity index (χ4v) is 1.90. The fraction of sp³-hybridized carbons (Fsp3) is 0.538. The first kappa shape index (κ1) is 13.6. The van der Waals surface area contributed by atoms with Crippen LogP contribution in [0.4, 0.5) is 5.69 Å². The van der Waals surface area contributed by atoms with E-state index in [1.165, 1.54) is 6.07 Å². The van der Waals surface area contributed by atoms with E-state index >= 15 is 0 Å². The number of non-ortho nitro benzene ring substituents is 1. The number of aliphatic hydroxyl groups excluding tert-OH is 1. The van der Waals surface area contributed by atoms with Gasteiger partial charge in [-0.3, -0.25) is 10.1 Å². The van der Waals surface area contributed by atoms with E-state index in [1.54, 1.807) is 12.1 Å². The minimum absolute atomic E-state index is 0.101. The number of nitrogens with zero attached hydrogens (tertiary/aromatic N) is 1. The van der Waals surface area contributed by atoms with Gasteiger partial charge >= 0.3 is 0 Å². The number of hydrogen-bond donors (Lipinski definition) is 1. The molecule has 94 valence electrons. The van der Waals surface area contributed by atoms with Gasteiger partial charge in [-0.05, 0) is 36.8 Å². The third kappa shape index (κ3) is 4.15. The lowest BCUT2D eigenvalue weighted by molar-refractivity contribution is -0.384. The summed E-state index contributed by atoms with van der Waals surface area (Å²) in [6, 6.07) is 4.78. The second-order valence-corrected chi connectivity index (χ2v) is 4.86. The molecule has 0 aliphatic rings. The predicted octanol–water partition coefficient (Wildman–Crippen LogP) is 2.85. The van der Waals surface area contributed by atoms with Gasteiger partial charge in [0.15, 0.2) is 0 Å². The molecule has 1 aromatic rings. The number of nitro benzene ring substituents is 1. The number of rotatable bonds is 5. The lowest BCUT2D eigenvalue weighted by Crippen LogP contribution is -2.14. The zero-order valence-corrected chi connectivity index (χ0v) is 10.5. The van der Waals surface area contributed by atoms with Crippen molar-refractivity contribution in [1.82, 2.24) is 0 Å². The van der Waals surface area contributed by atoms with Crippen LogP contribution in [0.15, 0.2) is 18.2 Å². The molecule has 0 bridgehead atoms. The molecular formula is C13H19NO3. The van der Waals surface area contributed by atoms with Gasteiger partial charge < -0.3 is 5.11 Å². The summed E-state index contributed by atoms with van der Waals surface area (Å²) < 4.78 is 0. The highest BCUT2D eigenvalue weighted by Crippen LogP contribution is 2.19. The Morgan fingerprint density at radius 3 is 2.53 bits per heavy atom. The van der Waals surface area contributed by atoms with Gasteiger partial charge in [0.1, 0.15) is 0 Å². The van der Waals surface area contributed by atoms with Crippen LogP contribution < -0.4 is 0 Å². The van der Waals surface area contributed by atoms with Gasteiger partial charge in [0.2, 0.25) is 0 Å². The van der Waals surface area contributed by atoms with Crippen molar-refractivity contribution in [3.63, 3.8) is 0 Å². The average molecular weight is 237 g/mol. The number of benzene rings is 1. The highest BCUT2D eigenvalue weighted by molar-refractivity contribution is 5.39. The Labute approximate surface area is 101 Å². The van der Waals surface area contributed by atoms with Crippen molar-refractivity contribution in [2.24, 2.45) is 5.92 Å². The Balaban J connectivity index is 2.75. The molecule has 1 atom stereocenters. The summed E-state index contributed by atoms with van der Waals surface area (Å²) in [4.78, 5) is 10.2. The molecule has 0 amide bonds. The fourth-order valence-electron chi connectivity index (χ4n) is 1.90. The number of aryl methyl sites for hydroxylation is 1. The highest BCUT2D eigenvalue weighted by atomic mass is 16.6. The minimum Gasteiger partial charge on any atom is -0.393 e. The standard InChI is InChI=1S/C13H19NO3/c1-9(2)6-13(15)8-11-4-5-12(14(16)17)7-10(11)3/h4-5,7,9,13,15H,6,8H2,1-3H3. The van der Waals surface area contributed by atoms with E-state index in [0.29, 0.717) is 12.3 Å². The highest BCUT2D eigenvalue weighted by Gasteiger charge is 2.12. The average Bonchev–Trinajstić information content (AvgIpc) is 2.19. The Hall–Kier alpha value is -1.42. The van der Waals surface area contributed by atoms with Crippen molar-refractivity contribution in [3.05, 3.63) is 39.4 Å². The van der Waals surface area contributed by atoms with Crippen molar-refractivity contribution in [2.75, 3.05) is 0 Å². The molecule has 1 aromatic carbocycles. The van der Waals surface area contributed by atoms with E-state index in [4.69, 9.17) is 0 Å². The van der Waals surface area contributed by atoms with Gasteiger partial charge in [-0.1, -0.05) is 19.9 Å². The van der Waals surface area contributed by atoms with E-state index in [1.807, 2.05) is 6.92 Å². The maximum Gasteiger partial charge on any atom is 0.269 e. The van der Waals surface area contributed by atoms with Crippen LogP contribution in [0.25, 0.3) is 0 Å².